The van der Waals surface area contributed by atoms with E-state index < -0.39 is 23.6 Å². The third-order valence-electron chi connectivity index (χ3n) is 7.40. The van der Waals surface area contributed by atoms with Gasteiger partial charge in [-0.1, -0.05) is 6.07 Å². The molecule has 0 saturated heterocycles. The summed E-state index contributed by atoms with van der Waals surface area (Å²) in [4.78, 5) is 40.8. The number of nitrogens with one attached hydrogen (secondary N) is 2. The number of alkyl carbamates (subject to hydrolysis) is 1. The minimum Gasteiger partial charge on any atom is -0.496 e. The summed E-state index contributed by atoms with van der Waals surface area (Å²) >= 11 is 3.50. The summed E-state index contributed by atoms with van der Waals surface area (Å²) in [6.45, 7) is 5.94. The van der Waals surface area contributed by atoms with Crippen LogP contribution in [0.25, 0.3) is 11.4 Å². The van der Waals surface area contributed by atoms with Crippen molar-refractivity contribution < 1.29 is 23.9 Å². The molecule has 1 saturated carbocycles. The molecular formula is C30H38BrN7O5. The number of aromatic amines is 1. The van der Waals surface area contributed by atoms with Gasteiger partial charge in [-0.15, -0.1) is 10.2 Å². The van der Waals surface area contributed by atoms with Gasteiger partial charge in [0.1, 0.15) is 17.4 Å². The number of nitrogens with two attached hydrogens (primary N) is 1. The number of hydrogen-bond acceptors (Lipinski definition) is 8. The highest BCUT2D eigenvalue weighted by Crippen LogP contribution is 2.34. The van der Waals surface area contributed by atoms with Crippen molar-refractivity contribution in [2.75, 3.05) is 18.6 Å². The number of carbonyl (C=O) groups is 3. The zero-order chi connectivity index (χ0) is 31.1. The van der Waals surface area contributed by atoms with Gasteiger partial charge in [-0.2, -0.15) is 5.21 Å². The molecule has 1 atom stereocenters. The van der Waals surface area contributed by atoms with Crippen LogP contribution in [0.15, 0.2) is 46.9 Å². The smallest absolute Gasteiger partial charge is 0.407 e. The molecular weight excluding hydrogens is 618 g/mol. The molecule has 0 aliphatic heterocycles. The molecule has 0 spiro atoms. The summed E-state index contributed by atoms with van der Waals surface area (Å²) in [6.07, 6.45) is 2.52. The van der Waals surface area contributed by atoms with E-state index in [0.717, 1.165) is 22.9 Å². The quantitative estimate of drug-likeness (QED) is 0.289. The van der Waals surface area contributed by atoms with Crippen molar-refractivity contribution in [1.82, 2.24) is 25.9 Å². The van der Waals surface area contributed by atoms with Crippen LogP contribution >= 0.6 is 15.9 Å². The largest absolute Gasteiger partial charge is 0.496 e. The highest BCUT2D eigenvalue weighted by Gasteiger charge is 2.36. The van der Waals surface area contributed by atoms with E-state index in [1.54, 1.807) is 37.4 Å². The Morgan fingerprint density at radius 1 is 1.12 bits per heavy atom. The average molecular weight is 657 g/mol. The van der Waals surface area contributed by atoms with Crippen LogP contribution in [-0.4, -0.2) is 63.8 Å². The molecule has 1 fully saturated rings. The van der Waals surface area contributed by atoms with Gasteiger partial charge < -0.3 is 20.5 Å². The molecule has 230 valence electrons. The van der Waals surface area contributed by atoms with Gasteiger partial charge in [0.15, 0.2) is 0 Å². The van der Waals surface area contributed by atoms with E-state index in [0.29, 0.717) is 42.2 Å². The lowest BCUT2D eigenvalue weighted by atomic mass is 9.81. The van der Waals surface area contributed by atoms with Crippen LogP contribution < -0.4 is 20.7 Å². The van der Waals surface area contributed by atoms with Crippen LogP contribution in [0.1, 0.15) is 52.0 Å². The number of carbonyl (C=O) groups excluding carboxylic acids is 3. The summed E-state index contributed by atoms with van der Waals surface area (Å²) in [5.74, 6) is 0.210. The fourth-order valence-electron chi connectivity index (χ4n) is 5.25. The van der Waals surface area contributed by atoms with Crippen molar-refractivity contribution in [1.29, 1.82) is 0 Å². The summed E-state index contributed by atoms with van der Waals surface area (Å²) in [7, 11) is 1.58. The molecule has 4 N–H and O–H groups in total. The van der Waals surface area contributed by atoms with Gasteiger partial charge in [0, 0.05) is 30.1 Å². The number of methoxy groups -OCH3 is 1. The second-order valence-corrected chi connectivity index (χ2v) is 12.5. The van der Waals surface area contributed by atoms with Crippen molar-refractivity contribution >= 4 is 39.5 Å². The number of primary amides is 1. The topological polar surface area (TPSA) is 165 Å². The molecule has 3 aromatic rings. The van der Waals surface area contributed by atoms with Crippen molar-refractivity contribution in [3.8, 4) is 17.1 Å². The molecule has 1 heterocycles. The predicted octanol–water partition coefficient (Wildman–Crippen LogP) is 4.40. The van der Waals surface area contributed by atoms with E-state index in [2.05, 4.69) is 41.9 Å². The van der Waals surface area contributed by atoms with E-state index >= 15 is 0 Å². The number of rotatable bonds is 10. The number of amides is 3. The summed E-state index contributed by atoms with van der Waals surface area (Å²) in [6, 6.07) is 11.7. The normalized spacial score (nSPS) is 17.5. The van der Waals surface area contributed by atoms with E-state index in [4.69, 9.17) is 15.2 Å². The summed E-state index contributed by atoms with van der Waals surface area (Å²) in [5, 5.41) is 16.9. The van der Waals surface area contributed by atoms with Gasteiger partial charge in [0.05, 0.1) is 11.6 Å². The standard InChI is InChI=1S/C30H38BrN7O5/c1-30(2,3)43-29(41)33-17-18-5-8-21(9-6-18)28(40)38(22-12-10-20(11-13-22)27-34-36-37-35-27)24(26(32)39)16-19-7-14-25(42-4)23(31)15-19/h7,10-15,18,21,24H,5-6,8-9,16-17H2,1-4H3,(H2,32,39)(H,33,41)(H,34,35,36,37)/t18?,21?,24-/m0/s1. The number of H-pyrrole nitrogens is 1. The summed E-state index contributed by atoms with van der Waals surface area (Å²) < 4.78 is 11.4. The zero-order valence-electron chi connectivity index (χ0n) is 24.8. The maximum Gasteiger partial charge on any atom is 0.407 e. The second kappa shape index (κ2) is 14.0. The first-order valence-electron chi connectivity index (χ1n) is 14.2. The van der Waals surface area contributed by atoms with Gasteiger partial charge in [0.25, 0.3) is 0 Å². The Kier molecular flexibility index (Phi) is 10.4. The maximum absolute atomic E-state index is 14.2. The van der Waals surface area contributed by atoms with Crippen LogP contribution in [0.3, 0.4) is 0 Å². The fraction of sp³-hybridized carbons (Fsp3) is 0.467. The van der Waals surface area contributed by atoms with Crippen molar-refractivity contribution in [2.45, 2.75) is 64.5 Å². The Morgan fingerprint density at radius 3 is 2.37 bits per heavy atom. The number of tetrazole rings is 1. The molecule has 4 rings (SSSR count). The number of nitrogens with zero attached hydrogens (tertiary/aromatic N) is 4. The minimum atomic E-state index is -0.935. The summed E-state index contributed by atoms with van der Waals surface area (Å²) in [5.41, 5.74) is 7.47. The van der Waals surface area contributed by atoms with Gasteiger partial charge in [0.2, 0.25) is 17.6 Å². The maximum atomic E-state index is 14.2. The molecule has 43 heavy (non-hydrogen) atoms. The number of aromatic nitrogens is 4. The third kappa shape index (κ3) is 8.53. The number of benzene rings is 2. The molecule has 2 aromatic carbocycles. The molecule has 1 aromatic heterocycles. The predicted molar refractivity (Wildman–Crippen MR) is 164 cm³/mol. The Labute approximate surface area is 259 Å². The van der Waals surface area contributed by atoms with Crippen molar-refractivity contribution in [2.24, 2.45) is 17.6 Å². The molecule has 3 amide bonds. The third-order valence-corrected chi connectivity index (χ3v) is 8.02. The molecule has 0 unspecified atom stereocenters. The van der Waals surface area contributed by atoms with Gasteiger partial charge in [-0.05, 0) is 115 Å². The Balaban J connectivity index is 1.54. The van der Waals surface area contributed by atoms with E-state index in [1.165, 1.54) is 4.90 Å². The van der Waals surface area contributed by atoms with Crippen molar-refractivity contribution in [3.63, 3.8) is 0 Å². The van der Waals surface area contributed by atoms with Gasteiger partial charge in [-0.25, -0.2) is 4.79 Å². The Hall–Kier alpha value is -4.00. The fourth-order valence-corrected chi connectivity index (χ4v) is 5.84. The zero-order valence-corrected chi connectivity index (χ0v) is 26.4. The number of halogens is 1. The van der Waals surface area contributed by atoms with Crippen LogP contribution in [-0.2, 0) is 20.7 Å². The van der Waals surface area contributed by atoms with Crippen molar-refractivity contribution in [3.05, 3.63) is 52.5 Å². The first-order chi connectivity index (χ1) is 20.4. The lowest BCUT2D eigenvalue weighted by molar-refractivity contribution is -0.127. The molecule has 0 bridgehead atoms. The van der Waals surface area contributed by atoms with E-state index in [1.807, 2.05) is 32.9 Å². The van der Waals surface area contributed by atoms with Crippen LogP contribution in [0.5, 0.6) is 5.75 Å². The van der Waals surface area contributed by atoms with Crippen LogP contribution in [0.4, 0.5) is 10.5 Å². The average Bonchev–Trinajstić information content (AvgIpc) is 3.51. The van der Waals surface area contributed by atoms with Crippen LogP contribution in [0, 0.1) is 11.8 Å². The first-order valence-corrected chi connectivity index (χ1v) is 15.0. The number of ether oxygens (including phenoxy) is 2. The SMILES string of the molecule is COc1ccc(C[C@@H](C(N)=O)N(C(=O)C2CCC(CNC(=O)OC(C)(C)C)CC2)c2ccc(-c3nn[nH]n3)cc2)cc1Br. The lowest BCUT2D eigenvalue weighted by Gasteiger charge is -2.36. The van der Waals surface area contributed by atoms with E-state index in [-0.39, 0.29) is 24.2 Å². The molecule has 1 aliphatic carbocycles. The highest BCUT2D eigenvalue weighted by atomic mass is 79.9. The monoisotopic (exact) mass is 655 g/mol. The minimum absolute atomic E-state index is 0.165. The molecule has 13 heteroatoms. The number of hydrogen-bond donors (Lipinski definition) is 3. The highest BCUT2D eigenvalue weighted by molar-refractivity contribution is 9.10. The van der Waals surface area contributed by atoms with Gasteiger partial charge >= 0.3 is 6.09 Å². The molecule has 0 radical (unpaired) electrons. The Morgan fingerprint density at radius 2 is 1.81 bits per heavy atom. The molecule has 12 nitrogen and oxygen atoms in total. The van der Waals surface area contributed by atoms with E-state index in [9.17, 15) is 14.4 Å². The van der Waals surface area contributed by atoms with Gasteiger partial charge in [-0.3, -0.25) is 14.5 Å². The van der Waals surface area contributed by atoms with Crippen LogP contribution in [0.2, 0.25) is 0 Å². The Bertz CT molecular complexity index is 1400. The number of anilines is 1. The second-order valence-electron chi connectivity index (χ2n) is 11.7. The molecule has 1 aliphatic rings. The first kappa shape index (κ1) is 31.9. The lowest BCUT2D eigenvalue weighted by Crippen LogP contribution is -2.52.